The van der Waals surface area contributed by atoms with E-state index in [9.17, 15) is 4.79 Å². The molecule has 1 N–H and O–H groups in total. The predicted octanol–water partition coefficient (Wildman–Crippen LogP) is 3.13. The normalized spacial score (nSPS) is 21.2. The van der Waals surface area contributed by atoms with Gasteiger partial charge in [0.1, 0.15) is 5.60 Å². The van der Waals surface area contributed by atoms with E-state index in [1.54, 1.807) is 6.92 Å². The number of hydrogen-bond acceptors (Lipinski definition) is 3. The zero-order valence-corrected chi connectivity index (χ0v) is 12.7. The highest BCUT2D eigenvalue weighted by Gasteiger charge is 2.42. The van der Waals surface area contributed by atoms with Gasteiger partial charge in [0, 0.05) is 10.9 Å². The molecule has 0 aliphatic carbocycles. The van der Waals surface area contributed by atoms with Crippen LogP contribution in [0.3, 0.4) is 0 Å². The molecule has 2 aromatic rings. The Morgan fingerprint density at radius 1 is 1.48 bits per heavy atom. The minimum absolute atomic E-state index is 0.129. The summed E-state index contributed by atoms with van der Waals surface area (Å²) in [4.78, 5) is 15.3. The van der Waals surface area contributed by atoms with Crippen LogP contribution in [0.25, 0.3) is 10.9 Å². The Hall–Kier alpha value is -1.52. The van der Waals surface area contributed by atoms with Gasteiger partial charge in [0.25, 0.3) is 0 Å². The van der Waals surface area contributed by atoms with E-state index >= 15 is 0 Å². The predicted molar refractivity (Wildman–Crippen MR) is 81.6 cm³/mol. The first-order chi connectivity index (χ1) is 10.2. The van der Waals surface area contributed by atoms with Crippen molar-refractivity contribution in [2.75, 3.05) is 19.1 Å². The number of hydrogen-bond donors (Lipinski definition) is 1. The van der Waals surface area contributed by atoms with E-state index in [0.29, 0.717) is 13.2 Å². The lowest BCUT2D eigenvalue weighted by atomic mass is 9.90. The summed E-state index contributed by atoms with van der Waals surface area (Å²) in [6.45, 7) is 2.71. The molecule has 0 saturated carbocycles. The van der Waals surface area contributed by atoms with E-state index in [4.69, 9.17) is 21.1 Å². The fourth-order valence-electron chi connectivity index (χ4n) is 3.01. The topological polar surface area (TPSA) is 51.3 Å². The number of H-pyrrole nitrogens is 1. The van der Waals surface area contributed by atoms with Crippen molar-refractivity contribution in [3.05, 3.63) is 35.5 Å². The van der Waals surface area contributed by atoms with Crippen molar-refractivity contribution in [1.82, 2.24) is 4.98 Å². The van der Waals surface area contributed by atoms with Crippen LogP contribution in [0.15, 0.2) is 24.3 Å². The number of ether oxygens (including phenoxy) is 2. The Bertz CT molecular complexity index is 667. The van der Waals surface area contributed by atoms with Crippen LogP contribution in [0.4, 0.5) is 0 Å². The van der Waals surface area contributed by atoms with Crippen LogP contribution >= 0.6 is 11.6 Å². The molecule has 0 spiro atoms. The van der Waals surface area contributed by atoms with Gasteiger partial charge in [0.2, 0.25) is 0 Å². The second kappa shape index (κ2) is 5.70. The standard InChI is InChI=1S/C16H18ClNO3/c1-2-20-14(19)9-16(10-17)15-12(7-8-21-16)11-5-3-4-6-13(11)18-15/h3-6,18H,2,7-10H2,1H3. The Labute approximate surface area is 128 Å². The lowest BCUT2D eigenvalue weighted by Gasteiger charge is -2.35. The molecule has 3 rings (SSSR count). The van der Waals surface area contributed by atoms with Gasteiger partial charge in [-0.15, -0.1) is 11.6 Å². The summed E-state index contributed by atoms with van der Waals surface area (Å²) in [5.41, 5.74) is 2.34. The third-order valence-corrected chi connectivity index (χ3v) is 4.38. The quantitative estimate of drug-likeness (QED) is 0.697. The highest BCUT2D eigenvalue weighted by molar-refractivity contribution is 6.18. The number of nitrogens with one attached hydrogen (secondary N) is 1. The Morgan fingerprint density at radius 3 is 3.05 bits per heavy atom. The molecule has 0 saturated heterocycles. The molecule has 2 heterocycles. The molecule has 1 aromatic heterocycles. The Morgan fingerprint density at radius 2 is 2.29 bits per heavy atom. The van der Waals surface area contributed by atoms with E-state index in [1.807, 2.05) is 18.2 Å². The van der Waals surface area contributed by atoms with Crippen molar-refractivity contribution < 1.29 is 14.3 Å². The van der Waals surface area contributed by atoms with Crippen molar-refractivity contribution in [1.29, 1.82) is 0 Å². The maximum Gasteiger partial charge on any atom is 0.309 e. The summed E-state index contributed by atoms with van der Waals surface area (Å²) in [7, 11) is 0. The SMILES string of the molecule is CCOC(=O)CC1(CCl)OCCc2c1[nH]c1ccccc21. The molecule has 1 aromatic carbocycles. The van der Waals surface area contributed by atoms with Crippen molar-refractivity contribution in [2.45, 2.75) is 25.4 Å². The Balaban J connectivity index is 2.06. The van der Waals surface area contributed by atoms with Crippen molar-refractivity contribution in [3.63, 3.8) is 0 Å². The van der Waals surface area contributed by atoms with Crippen LogP contribution in [-0.4, -0.2) is 30.0 Å². The van der Waals surface area contributed by atoms with Gasteiger partial charge in [-0.25, -0.2) is 0 Å². The number of benzene rings is 1. The largest absolute Gasteiger partial charge is 0.466 e. The van der Waals surface area contributed by atoms with E-state index in [-0.39, 0.29) is 18.3 Å². The maximum atomic E-state index is 11.9. The lowest BCUT2D eigenvalue weighted by Crippen LogP contribution is -2.40. The van der Waals surface area contributed by atoms with Gasteiger partial charge in [0.15, 0.2) is 0 Å². The molecule has 4 nitrogen and oxygen atoms in total. The molecule has 1 aliphatic rings. The second-order valence-electron chi connectivity index (χ2n) is 5.23. The van der Waals surface area contributed by atoms with Crippen LogP contribution < -0.4 is 0 Å². The average Bonchev–Trinajstić information content (AvgIpc) is 2.88. The number of esters is 1. The molecule has 21 heavy (non-hydrogen) atoms. The molecule has 112 valence electrons. The maximum absolute atomic E-state index is 11.9. The fraction of sp³-hybridized carbons (Fsp3) is 0.438. The highest BCUT2D eigenvalue weighted by atomic mass is 35.5. The number of carbonyl (C=O) groups excluding carboxylic acids is 1. The summed E-state index contributed by atoms with van der Waals surface area (Å²) in [6, 6.07) is 8.11. The number of aromatic amines is 1. The minimum Gasteiger partial charge on any atom is -0.466 e. The number of halogens is 1. The number of carbonyl (C=O) groups is 1. The van der Waals surface area contributed by atoms with Crippen LogP contribution in [-0.2, 0) is 26.3 Å². The number of fused-ring (bicyclic) bond motifs is 3. The zero-order valence-electron chi connectivity index (χ0n) is 11.9. The van der Waals surface area contributed by atoms with Crippen LogP contribution in [0.2, 0.25) is 0 Å². The van der Waals surface area contributed by atoms with Crippen molar-refractivity contribution in [3.8, 4) is 0 Å². The molecule has 0 radical (unpaired) electrons. The van der Waals surface area contributed by atoms with E-state index in [1.165, 1.54) is 10.9 Å². The van der Waals surface area contributed by atoms with Gasteiger partial charge in [-0.2, -0.15) is 0 Å². The lowest BCUT2D eigenvalue weighted by molar-refractivity contribution is -0.152. The molecule has 1 aliphatic heterocycles. The number of para-hydroxylation sites is 1. The van der Waals surface area contributed by atoms with Gasteiger partial charge in [0.05, 0.1) is 31.2 Å². The van der Waals surface area contributed by atoms with Crippen molar-refractivity contribution in [2.24, 2.45) is 0 Å². The molecule has 0 amide bonds. The zero-order chi connectivity index (χ0) is 14.9. The summed E-state index contributed by atoms with van der Waals surface area (Å²) < 4.78 is 11.0. The molecule has 0 bridgehead atoms. The van der Waals surface area contributed by atoms with Crippen LogP contribution in [0, 0.1) is 0 Å². The van der Waals surface area contributed by atoms with E-state index in [2.05, 4.69) is 11.1 Å². The van der Waals surface area contributed by atoms with Gasteiger partial charge < -0.3 is 14.5 Å². The van der Waals surface area contributed by atoms with Crippen LogP contribution in [0.5, 0.6) is 0 Å². The number of alkyl halides is 1. The highest BCUT2D eigenvalue weighted by Crippen LogP contribution is 2.40. The Kier molecular flexibility index (Phi) is 3.91. The molecule has 1 atom stereocenters. The monoisotopic (exact) mass is 307 g/mol. The van der Waals surface area contributed by atoms with E-state index < -0.39 is 5.60 Å². The summed E-state index contributed by atoms with van der Waals surface area (Å²) in [5.74, 6) is -0.0734. The minimum atomic E-state index is -0.819. The third-order valence-electron chi connectivity index (χ3n) is 3.95. The summed E-state index contributed by atoms with van der Waals surface area (Å²) in [5, 5.41) is 1.18. The van der Waals surface area contributed by atoms with Gasteiger partial charge in [-0.05, 0) is 25.0 Å². The summed E-state index contributed by atoms with van der Waals surface area (Å²) >= 11 is 6.18. The molecular formula is C16H18ClNO3. The number of rotatable bonds is 4. The van der Waals surface area contributed by atoms with Crippen molar-refractivity contribution >= 4 is 28.5 Å². The molecular weight excluding hydrogens is 290 g/mol. The number of aromatic nitrogens is 1. The fourth-order valence-corrected chi connectivity index (χ4v) is 3.31. The van der Waals surface area contributed by atoms with E-state index in [0.717, 1.165) is 17.6 Å². The smallest absolute Gasteiger partial charge is 0.309 e. The van der Waals surface area contributed by atoms with Gasteiger partial charge in [-0.1, -0.05) is 18.2 Å². The molecule has 1 unspecified atom stereocenters. The first-order valence-corrected chi connectivity index (χ1v) is 7.69. The van der Waals surface area contributed by atoms with Gasteiger partial charge >= 0.3 is 5.97 Å². The molecule has 0 fully saturated rings. The second-order valence-corrected chi connectivity index (χ2v) is 5.50. The van der Waals surface area contributed by atoms with Crippen LogP contribution in [0.1, 0.15) is 24.6 Å². The third kappa shape index (κ3) is 2.43. The molecule has 5 heteroatoms. The summed E-state index contributed by atoms with van der Waals surface area (Å²) in [6.07, 6.45) is 0.949. The first kappa shape index (κ1) is 14.4. The first-order valence-electron chi connectivity index (χ1n) is 7.16. The average molecular weight is 308 g/mol. The van der Waals surface area contributed by atoms with Gasteiger partial charge in [-0.3, -0.25) is 4.79 Å².